The average molecular weight is 352 g/mol. The molecule has 0 aliphatic rings. The van der Waals surface area contributed by atoms with Crippen molar-refractivity contribution in [3.63, 3.8) is 0 Å². The normalized spacial score (nSPS) is 10.4. The van der Waals surface area contributed by atoms with Crippen molar-refractivity contribution in [2.45, 2.75) is 0 Å². The summed E-state index contributed by atoms with van der Waals surface area (Å²) in [6.07, 6.45) is 0. The van der Waals surface area contributed by atoms with Crippen molar-refractivity contribution in [2.75, 3.05) is 0 Å². The molecule has 0 aliphatic carbocycles. The number of rotatable bonds is 0. The molecule has 0 unspecified atom stereocenters. The molecule has 0 radical (unpaired) electrons. The Bertz CT molecular complexity index is 203. The van der Waals surface area contributed by atoms with E-state index in [1.54, 1.807) is 0 Å². The summed E-state index contributed by atoms with van der Waals surface area (Å²) in [5.74, 6) is 0. The van der Waals surface area contributed by atoms with E-state index in [0.29, 0.717) is 0 Å². The Balaban J connectivity index is -0.0000000400. The number of hydrogen-bond acceptors (Lipinski definition) is 3. The molecular formula is H12KO13P3. The fourth-order valence-corrected chi connectivity index (χ4v) is 0. The first-order valence-electron chi connectivity index (χ1n) is 2.35. The Morgan fingerprint density at radius 1 is 0.471 bits per heavy atom. The van der Waals surface area contributed by atoms with E-state index in [2.05, 4.69) is 0 Å². The molecule has 0 aromatic carbocycles. The van der Waals surface area contributed by atoms with Crippen LogP contribution in [0.2, 0.25) is 0 Å². The fourth-order valence-electron chi connectivity index (χ4n) is 0. The third-order valence-electron chi connectivity index (χ3n) is 0. The van der Waals surface area contributed by atoms with Crippen LogP contribution in [0.15, 0.2) is 0 Å². The van der Waals surface area contributed by atoms with Gasteiger partial charge in [-0.25, -0.2) is 13.7 Å². The molecule has 17 heteroatoms. The second kappa shape index (κ2) is 12.9. The van der Waals surface area contributed by atoms with Crippen LogP contribution in [0.4, 0.5) is 0 Å². The van der Waals surface area contributed by atoms with E-state index in [4.69, 9.17) is 57.7 Å². The van der Waals surface area contributed by atoms with Crippen LogP contribution in [-0.4, -0.2) is 101 Å². The Labute approximate surface area is 137 Å². The third kappa shape index (κ3) is 1230. The molecule has 17 heavy (non-hydrogen) atoms. The van der Waals surface area contributed by atoms with Crippen molar-refractivity contribution in [1.82, 2.24) is 0 Å². The molecule has 0 saturated heterocycles. The average Bonchev–Trinajstić information content (AvgIpc) is 1.41. The van der Waals surface area contributed by atoms with Crippen molar-refractivity contribution in [2.24, 2.45) is 0 Å². The predicted octanol–water partition coefficient (Wildman–Crippen LogP) is -4.26. The van der Waals surface area contributed by atoms with E-state index in [0.717, 1.165) is 0 Å². The molecular weight excluding hydrogens is 340 g/mol. The Kier molecular flexibility index (Phi) is 23.9. The summed E-state index contributed by atoms with van der Waals surface area (Å²) < 4.78 is 26.6. The predicted molar refractivity (Wildman–Crippen MR) is 53.6 cm³/mol. The third-order valence-corrected chi connectivity index (χ3v) is 0. The zero-order valence-electron chi connectivity index (χ0n) is 7.09. The van der Waals surface area contributed by atoms with Gasteiger partial charge in [-0.2, -0.15) is 0 Å². The van der Waals surface area contributed by atoms with Gasteiger partial charge < -0.3 is 49.5 Å². The summed E-state index contributed by atoms with van der Waals surface area (Å²) in [4.78, 5) is 64.7. The number of phosphoric acid groups is 3. The first-order chi connectivity index (χ1) is 6.00. The van der Waals surface area contributed by atoms with Crippen LogP contribution < -0.4 is 0 Å². The summed E-state index contributed by atoms with van der Waals surface area (Å²) in [7, 11) is -13.9. The summed E-state index contributed by atoms with van der Waals surface area (Å²) in [5.41, 5.74) is 0. The molecule has 0 saturated carbocycles. The molecule has 106 valence electrons. The SMILES string of the molecule is O.O=P(O)(O)O.O=P(O)(O)O.O=P(O)(O)O.[KH]. The van der Waals surface area contributed by atoms with Gasteiger partial charge in [-0.15, -0.1) is 0 Å². The van der Waals surface area contributed by atoms with Gasteiger partial charge >= 0.3 is 74.9 Å². The monoisotopic (exact) mass is 352 g/mol. The molecule has 0 fully saturated rings. The van der Waals surface area contributed by atoms with Gasteiger partial charge in [0.05, 0.1) is 0 Å². The van der Waals surface area contributed by atoms with Crippen LogP contribution >= 0.6 is 23.5 Å². The summed E-state index contributed by atoms with van der Waals surface area (Å²) >= 11 is 0. The molecule has 0 rings (SSSR count). The van der Waals surface area contributed by atoms with E-state index >= 15 is 0 Å². The Morgan fingerprint density at radius 3 is 0.471 bits per heavy atom. The molecule has 0 aliphatic heterocycles. The van der Waals surface area contributed by atoms with E-state index in [1.807, 2.05) is 0 Å². The quantitative estimate of drug-likeness (QED) is 0.148. The van der Waals surface area contributed by atoms with Gasteiger partial charge in [-0.05, 0) is 0 Å². The summed E-state index contributed by atoms with van der Waals surface area (Å²) in [5, 5.41) is 0. The Hall–Kier alpha value is 1.93. The van der Waals surface area contributed by atoms with Gasteiger partial charge in [0.1, 0.15) is 0 Å². The van der Waals surface area contributed by atoms with Gasteiger partial charge in [0.2, 0.25) is 0 Å². The van der Waals surface area contributed by atoms with Crippen molar-refractivity contribution in [3.05, 3.63) is 0 Å². The minimum absolute atomic E-state index is 0. The number of hydrogen-bond donors (Lipinski definition) is 9. The molecule has 13 nitrogen and oxygen atoms in total. The first kappa shape index (κ1) is 31.4. The van der Waals surface area contributed by atoms with Crippen LogP contribution in [0.1, 0.15) is 0 Å². The van der Waals surface area contributed by atoms with E-state index in [-0.39, 0.29) is 56.9 Å². The zero-order chi connectivity index (χ0) is 13.5. The fraction of sp³-hybridized carbons (Fsp3) is 0. The van der Waals surface area contributed by atoms with Gasteiger partial charge in [-0.1, -0.05) is 0 Å². The van der Waals surface area contributed by atoms with Gasteiger partial charge in [0, 0.05) is 0 Å². The Morgan fingerprint density at radius 2 is 0.471 bits per heavy atom. The topological polar surface area (TPSA) is 265 Å². The zero-order valence-corrected chi connectivity index (χ0v) is 9.77. The van der Waals surface area contributed by atoms with Crippen molar-refractivity contribution >= 4 is 74.9 Å². The molecule has 0 spiro atoms. The van der Waals surface area contributed by atoms with Crippen molar-refractivity contribution in [1.29, 1.82) is 0 Å². The van der Waals surface area contributed by atoms with Gasteiger partial charge in [-0.3, -0.25) is 0 Å². The maximum absolute atomic E-state index is 8.88. The van der Waals surface area contributed by atoms with E-state index in [9.17, 15) is 0 Å². The second-order valence-electron chi connectivity index (χ2n) is 1.54. The van der Waals surface area contributed by atoms with Gasteiger partial charge in [0.25, 0.3) is 0 Å². The molecule has 0 aromatic heterocycles. The molecule has 0 amide bonds. The van der Waals surface area contributed by atoms with Crippen LogP contribution in [0.3, 0.4) is 0 Å². The van der Waals surface area contributed by atoms with E-state index in [1.165, 1.54) is 0 Å². The first-order valence-corrected chi connectivity index (χ1v) is 7.04. The summed E-state index contributed by atoms with van der Waals surface area (Å²) in [6, 6.07) is 0. The van der Waals surface area contributed by atoms with Crippen LogP contribution in [0, 0.1) is 0 Å². The summed E-state index contributed by atoms with van der Waals surface area (Å²) in [6.45, 7) is 0. The maximum atomic E-state index is 8.88. The molecule has 0 bridgehead atoms. The van der Waals surface area contributed by atoms with Crippen molar-refractivity contribution < 1.29 is 63.2 Å². The van der Waals surface area contributed by atoms with Gasteiger partial charge in [0.15, 0.2) is 0 Å². The molecule has 11 N–H and O–H groups in total. The van der Waals surface area contributed by atoms with Crippen LogP contribution in [-0.2, 0) is 13.7 Å². The van der Waals surface area contributed by atoms with E-state index < -0.39 is 23.5 Å². The molecule has 0 atom stereocenters. The van der Waals surface area contributed by atoms with Crippen LogP contribution in [0.5, 0.6) is 0 Å². The standard InChI is InChI=1S/K.3H3O4P.H2O.H/c;3*1-5(2,3)4;;/h;3*(H3,1,2,3,4);1H2;. The van der Waals surface area contributed by atoms with Crippen molar-refractivity contribution in [3.8, 4) is 0 Å². The minimum atomic E-state index is -4.64. The second-order valence-corrected chi connectivity index (χ2v) is 4.62. The molecule has 0 heterocycles. The van der Waals surface area contributed by atoms with Crippen LogP contribution in [0.25, 0.3) is 0 Å². The molecule has 0 aromatic rings.